The molecule has 10 heterocycles. The topological polar surface area (TPSA) is 174 Å². The molecule has 2 aliphatic carbocycles. The summed E-state index contributed by atoms with van der Waals surface area (Å²) < 4.78 is 39.3. The van der Waals surface area contributed by atoms with Crippen LogP contribution in [-0.4, -0.2) is 176 Å². The zero-order chi connectivity index (χ0) is 52.3. The molecule has 3 aromatic heterocycles. The molecule has 2 amide bonds. The van der Waals surface area contributed by atoms with Crippen molar-refractivity contribution in [2.75, 3.05) is 98.0 Å². The Morgan fingerprint density at radius 1 is 0.974 bits per heavy atom. The summed E-state index contributed by atoms with van der Waals surface area (Å²) in [5, 5.41) is 8.65. The van der Waals surface area contributed by atoms with Gasteiger partial charge in [0.1, 0.15) is 22.7 Å². The second-order valence-corrected chi connectivity index (χ2v) is 24.5. The van der Waals surface area contributed by atoms with E-state index in [2.05, 4.69) is 80.4 Å². The fraction of sp³-hybridized carbons (Fsp3) is 0.667. The lowest BCUT2D eigenvalue weighted by molar-refractivity contribution is -0.157. The molecule has 8 fully saturated rings. The first-order valence-electron chi connectivity index (χ1n) is 28.2. The number of esters is 1. The number of likely N-dealkylation sites (tertiary alicyclic amines) is 1. The van der Waals surface area contributed by atoms with E-state index in [0.717, 1.165) is 102 Å². The Labute approximate surface area is 450 Å². The zero-order valence-corrected chi connectivity index (χ0v) is 45.9. The second-order valence-electron chi connectivity index (χ2n) is 23.6. The standard InChI is InChI=1S/C57H77N9O9S/c1-35(70-4)48-43(26-39(30-58-48)63-19-17-62(18-20-63)38-9-10-38)50-44-29-56(2,3)34-74-54(68)45-7-6-15-66(61-45)53(67)49(60-55(69)57-27-36(28-57)32-75-57)51(64-16-12-41(31-64)71-5)52-59-46(33-76-52)37-8-11-47(42(44)25-37)65(50)21-24-73-40-13-22-72-23-14-40/h8,11,25-26,30,33,35-36,38,40-41,45,49,51,61H,6-7,9-10,12-24,27-29,31-32,34H2,1-5H3,(H,60,69)/t35-,36?,41+,45-,49-,51-,57?/m0/s1. The maximum Gasteiger partial charge on any atom is 0.324 e. The number of cyclic esters (lactones) is 1. The van der Waals surface area contributed by atoms with Gasteiger partial charge < -0.3 is 43.2 Å². The van der Waals surface area contributed by atoms with Crippen molar-refractivity contribution in [3.63, 3.8) is 0 Å². The SMILES string of the molecule is CO[C@@H]1CCN([C@@H]2c3nc(cs3)-c3ccc4c(c3)c(c(-c3cc(N5CCN(C6CC6)CC5)cnc3[C@H](C)OC)n4CCOC3CCOCC3)CC(C)(C)COC(=O)[C@@H]3CCCN(N3)C(=O)[C@H]2NC(=O)C23CC(CO2)C3)C1. The number of hydrogen-bond donors (Lipinski definition) is 2. The van der Waals surface area contributed by atoms with Crippen LogP contribution in [0.1, 0.15) is 107 Å². The highest BCUT2D eigenvalue weighted by Gasteiger charge is 2.58. The van der Waals surface area contributed by atoms with Gasteiger partial charge >= 0.3 is 5.97 Å². The van der Waals surface area contributed by atoms with E-state index in [-0.39, 0.29) is 36.7 Å². The third-order valence-electron chi connectivity index (χ3n) is 17.7. The Bertz CT molecular complexity index is 2770. The number of nitrogens with zero attached hydrogens (tertiary/aromatic N) is 7. The Morgan fingerprint density at radius 2 is 1.79 bits per heavy atom. The number of hydrazine groups is 1. The van der Waals surface area contributed by atoms with E-state index in [0.29, 0.717) is 95.6 Å². The highest BCUT2D eigenvalue weighted by Crippen LogP contribution is 2.49. The number of hydrogen-bond acceptors (Lipinski definition) is 16. The Morgan fingerprint density at radius 3 is 2.53 bits per heavy atom. The van der Waals surface area contributed by atoms with E-state index >= 15 is 4.79 Å². The molecule has 19 heteroatoms. The molecule has 0 radical (unpaired) electrons. The van der Waals surface area contributed by atoms with Gasteiger partial charge in [-0.1, -0.05) is 19.9 Å². The third-order valence-corrected chi connectivity index (χ3v) is 18.6. The predicted molar refractivity (Wildman–Crippen MR) is 288 cm³/mol. The summed E-state index contributed by atoms with van der Waals surface area (Å²) in [6.45, 7) is 15.0. The molecule has 18 nitrogen and oxygen atoms in total. The van der Waals surface area contributed by atoms with Gasteiger partial charge in [0.25, 0.3) is 11.8 Å². The van der Waals surface area contributed by atoms with Crippen LogP contribution in [-0.2, 0) is 55.8 Å². The number of piperazine rings is 1. The van der Waals surface area contributed by atoms with Gasteiger partial charge in [0.2, 0.25) is 0 Å². The van der Waals surface area contributed by atoms with Gasteiger partial charge in [-0.05, 0) is 101 Å². The number of benzene rings is 1. The van der Waals surface area contributed by atoms with Crippen molar-refractivity contribution in [1.82, 2.24) is 40.1 Å². The number of thiazole rings is 1. The second kappa shape index (κ2) is 21.6. The minimum atomic E-state index is -1.05. The molecule has 1 aromatic carbocycles. The molecule has 76 heavy (non-hydrogen) atoms. The maximum absolute atomic E-state index is 15.3. The molecule has 2 saturated carbocycles. The molecule has 7 aliphatic heterocycles. The normalized spacial score (nSPS) is 29.1. The summed E-state index contributed by atoms with van der Waals surface area (Å²) >= 11 is 1.50. The lowest BCUT2D eigenvalue weighted by Gasteiger charge is -2.41. The largest absolute Gasteiger partial charge is 0.464 e. The van der Waals surface area contributed by atoms with Crippen LogP contribution in [0.15, 0.2) is 35.8 Å². The van der Waals surface area contributed by atoms with Crippen molar-refractivity contribution in [2.45, 2.75) is 140 Å². The van der Waals surface area contributed by atoms with Gasteiger partial charge in [-0.3, -0.25) is 34.2 Å². The molecule has 8 bridgehead atoms. The van der Waals surface area contributed by atoms with Crippen molar-refractivity contribution in [3.8, 4) is 22.5 Å². The fourth-order valence-electron chi connectivity index (χ4n) is 13.1. The Balaban J connectivity index is 1.01. The first-order valence-corrected chi connectivity index (χ1v) is 29.0. The summed E-state index contributed by atoms with van der Waals surface area (Å²) in [7, 11) is 3.46. The number of carbonyl (C=O) groups is 3. The van der Waals surface area contributed by atoms with E-state index in [9.17, 15) is 9.59 Å². The average Bonchev–Trinajstić information content (AvgIpc) is 4.01. The van der Waals surface area contributed by atoms with Crippen LogP contribution in [0.25, 0.3) is 33.4 Å². The summed E-state index contributed by atoms with van der Waals surface area (Å²) in [5.41, 5.74) is 9.65. The van der Waals surface area contributed by atoms with Gasteiger partial charge in [0, 0.05) is 119 Å². The summed E-state index contributed by atoms with van der Waals surface area (Å²) in [4.78, 5) is 62.3. The molecule has 5 atom stereocenters. The lowest BCUT2D eigenvalue weighted by Crippen LogP contribution is -2.64. The van der Waals surface area contributed by atoms with Crippen LogP contribution in [0.2, 0.25) is 0 Å². The highest BCUT2D eigenvalue weighted by molar-refractivity contribution is 7.10. The first-order chi connectivity index (χ1) is 36.9. The molecule has 4 aromatic rings. The van der Waals surface area contributed by atoms with E-state index in [4.69, 9.17) is 38.4 Å². The molecular weight excluding hydrogens is 987 g/mol. The van der Waals surface area contributed by atoms with Gasteiger partial charge in [-0.2, -0.15) is 0 Å². The van der Waals surface area contributed by atoms with Gasteiger partial charge in [-0.15, -0.1) is 11.3 Å². The summed E-state index contributed by atoms with van der Waals surface area (Å²) in [6, 6.07) is 7.23. The minimum Gasteiger partial charge on any atom is -0.464 e. The number of methoxy groups -OCH3 is 2. The van der Waals surface area contributed by atoms with Crippen LogP contribution in [0.5, 0.6) is 0 Å². The van der Waals surface area contributed by atoms with Crippen molar-refractivity contribution < 1.29 is 42.8 Å². The van der Waals surface area contributed by atoms with E-state index in [1.165, 1.54) is 29.2 Å². The quantitative estimate of drug-likeness (QED) is 0.148. The number of nitrogens with one attached hydrogen (secondary N) is 2. The van der Waals surface area contributed by atoms with Crippen LogP contribution in [0, 0.1) is 11.3 Å². The van der Waals surface area contributed by atoms with Crippen molar-refractivity contribution in [3.05, 3.63) is 52.1 Å². The molecule has 6 saturated heterocycles. The van der Waals surface area contributed by atoms with Crippen LogP contribution in [0.4, 0.5) is 5.69 Å². The zero-order valence-electron chi connectivity index (χ0n) is 45.1. The number of amides is 2. The predicted octanol–water partition coefficient (Wildman–Crippen LogP) is 6.06. The summed E-state index contributed by atoms with van der Waals surface area (Å²) in [5.74, 6) is -0.683. The number of rotatable bonds is 13. The molecule has 2 N–H and O–H groups in total. The van der Waals surface area contributed by atoms with Gasteiger partial charge in [-0.25, -0.2) is 10.4 Å². The van der Waals surface area contributed by atoms with E-state index < -0.39 is 35.1 Å². The van der Waals surface area contributed by atoms with E-state index in [1.54, 1.807) is 14.2 Å². The first kappa shape index (κ1) is 52.1. The number of ether oxygens (including phenoxy) is 6. The molecule has 410 valence electrons. The smallest absolute Gasteiger partial charge is 0.324 e. The van der Waals surface area contributed by atoms with Crippen molar-refractivity contribution in [2.24, 2.45) is 11.3 Å². The average molecular weight is 1060 g/mol. The Kier molecular flexibility index (Phi) is 14.8. The molecule has 13 rings (SSSR count). The minimum absolute atomic E-state index is 0.0541. The van der Waals surface area contributed by atoms with Crippen LogP contribution < -0.4 is 15.6 Å². The molecular formula is C57H77N9O9S. The number of aromatic nitrogens is 3. The monoisotopic (exact) mass is 1060 g/mol. The fourth-order valence-corrected chi connectivity index (χ4v) is 14.1. The number of fused-ring (bicyclic) bond motifs is 7. The lowest BCUT2D eigenvalue weighted by atomic mass is 9.74. The van der Waals surface area contributed by atoms with Crippen molar-refractivity contribution >= 4 is 45.7 Å². The number of anilines is 1. The van der Waals surface area contributed by atoms with Gasteiger partial charge in [0.15, 0.2) is 0 Å². The van der Waals surface area contributed by atoms with Crippen LogP contribution >= 0.6 is 11.3 Å². The summed E-state index contributed by atoms with van der Waals surface area (Å²) in [6.07, 6.45) is 9.77. The number of carbonyl (C=O) groups excluding carboxylic acids is 3. The Hall–Kier alpha value is -4.57. The number of pyridine rings is 1. The molecule has 0 spiro atoms. The third kappa shape index (κ3) is 10.3. The van der Waals surface area contributed by atoms with Crippen LogP contribution in [0.3, 0.4) is 0 Å². The van der Waals surface area contributed by atoms with E-state index in [1.807, 2.05) is 6.20 Å². The van der Waals surface area contributed by atoms with Gasteiger partial charge in [0.05, 0.1) is 73.1 Å². The molecule has 9 aliphatic rings. The highest BCUT2D eigenvalue weighted by atomic mass is 32.1. The maximum atomic E-state index is 15.3. The molecule has 0 unspecified atom stereocenters. The van der Waals surface area contributed by atoms with Crippen molar-refractivity contribution in [1.29, 1.82) is 0 Å².